The van der Waals surface area contributed by atoms with Gasteiger partial charge >= 0.3 is 0 Å². The van der Waals surface area contributed by atoms with Crippen molar-refractivity contribution in [1.82, 2.24) is 4.98 Å². The maximum atomic E-state index is 11.8. The largest absolute Gasteiger partial charge is 0.492 e. The van der Waals surface area contributed by atoms with Crippen molar-refractivity contribution in [2.75, 3.05) is 11.9 Å². The van der Waals surface area contributed by atoms with E-state index in [1.165, 1.54) is 6.20 Å². The van der Waals surface area contributed by atoms with Gasteiger partial charge in [0.05, 0.1) is 11.6 Å². The van der Waals surface area contributed by atoms with E-state index in [0.29, 0.717) is 46.1 Å². The van der Waals surface area contributed by atoms with E-state index < -0.39 is 0 Å². The van der Waals surface area contributed by atoms with Gasteiger partial charge in [0.2, 0.25) is 5.91 Å². The molecule has 0 aliphatic heterocycles. The van der Waals surface area contributed by atoms with E-state index in [1.54, 1.807) is 30.3 Å². The van der Waals surface area contributed by atoms with Gasteiger partial charge in [0.15, 0.2) is 0 Å². The van der Waals surface area contributed by atoms with Gasteiger partial charge in [0.1, 0.15) is 11.6 Å². The molecule has 22 heavy (non-hydrogen) atoms. The molecule has 1 aromatic heterocycles. The fraction of sp³-hybridized carbons (Fsp3) is 0.200. The highest BCUT2D eigenvalue weighted by molar-refractivity contribution is 6.35. The number of benzene rings is 1. The second kappa shape index (κ2) is 8.22. The summed E-state index contributed by atoms with van der Waals surface area (Å²) >= 11 is 17.6. The van der Waals surface area contributed by atoms with E-state index in [2.05, 4.69) is 10.3 Å². The molecule has 0 radical (unpaired) electrons. The molecular weight excluding hydrogens is 347 g/mol. The van der Waals surface area contributed by atoms with Gasteiger partial charge in [-0.1, -0.05) is 34.8 Å². The molecule has 2 aromatic rings. The van der Waals surface area contributed by atoms with Crippen LogP contribution in [0.5, 0.6) is 5.75 Å². The third kappa shape index (κ3) is 5.37. The summed E-state index contributed by atoms with van der Waals surface area (Å²) in [6.45, 7) is 0.373. The summed E-state index contributed by atoms with van der Waals surface area (Å²) in [5.74, 6) is 0.822. The van der Waals surface area contributed by atoms with E-state index in [-0.39, 0.29) is 5.91 Å². The SMILES string of the molecule is O=C(CCCOc1ccc(Cl)cc1Cl)Nc1cc(Cl)ccn1. The highest BCUT2D eigenvalue weighted by atomic mass is 35.5. The van der Waals surface area contributed by atoms with Crippen LogP contribution in [0.15, 0.2) is 36.5 Å². The number of hydrogen-bond donors (Lipinski definition) is 1. The van der Waals surface area contributed by atoms with Crippen LogP contribution in [0, 0.1) is 0 Å². The summed E-state index contributed by atoms with van der Waals surface area (Å²) in [6.07, 6.45) is 2.38. The molecule has 4 nitrogen and oxygen atoms in total. The molecule has 1 heterocycles. The maximum Gasteiger partial charge on any atom is 0.225 e. The first-order valence-electron chi connectivity index (χ1n) is 6.54. The van der Waals surface area contributed by atoms with Gasteiger partial charge in [0.25, 0.3) is 0 Å². The predicted molar refractivity (Wildman–Crippen MR) is 89.1 cm³/mol. The molecule has 1 aromatic carbocycles. The van der Waals surface area contributed by atoms with Crippen molar-refractivity contribution in [3.8, 4) is 5.75 Å². The lowest BCUT2D eigenvalue weighted by Gasteiger charge is -2.08. The van der Waals surface area contributed by atoms with Crippen LogP contribution in [0.3, 0.4) is 0 Å². The number of anilines is 1. The highest BCUT2D eigenvalue weighted by Gasteiger charge is 2.05. The summed E-state index contributed by atoms with van der Waals surface area (Å²) in [5, 5.41) is 4.18. The smallest absolute Gasteiger partial charge is 0.225 e. The number of nitrogens with one attached hydrogen (secondary N) is 1. The lowest BCUT2D eigenvalue weighted by atomic mass is 10.3. The molecule has 0 fully saturated rings. The molecule has 0 aliphatic rings. The first-order valence-corrected chi connectivity index (χ1v) is 7.67. The number of carbonyl (C=O) groups excluding carboxylic acids is 1. The minimum absolute atomic E-state index is 0.152. The van der Waals surface area contributed by atoms with Crippen molar-refractivity contribution < 1.29 is 9.53 Å². The second-order valence-electron chi connectivity index (χ2n) is 4.43. The molecule has 0 spiro atoms. The number of halogens is 3. The van der Waals surface area contributed by atoms with Crippen molar-refractivity contribution >= 4 is 46.5 Å². The van der Waals surface area contributed by atoms with Gasteiger partial charge in [-0.15, -0.1) is 0 Å². The van der Waals surface area contributed by atoms with Crippen molar-refractivity contribution in [1.29, 1.82) is 0 Å². The molecular formula is C15H13Cl3N2O2. The van der Waals surface area contributed by atoms with Crippen molar-refractivity contribution in [3.63, 3.8) is 0 Å². The summed E-state index contributed by atoms with van der Waals surface area (Å²) in [4.78, 5) is 15.8. The molecule has 1 N–H and O–H groups in total. The van der Waals surface area contributed by atoms with Crippen molar-refractivity contribution in [2.45, 2.75) is 12.8 Å². The Kier molecular flexibility index (Phi) is 6.31. The number of rotatable bonds is 6. The highest BCUT2D eigenvalue weighted by Crippen LogP contribution is 2.27. The van der Waals surface area contributed by atoms with Gasteiger partial charge in [-0.05, 0) is 36.8 Å². The fourth-order valence-electron chi connectivity index (χ4n) is 1.69. The van der Waals surface area contributed by atoms with Crippen LogP contribution in [0.4, 0.5) is 5.82 Å². The Labute approximate surface area is 143 Å². The number of nitrogens with zero attached hydrogens (tertiary/aromatic N) is 1. The topological polar surface area (TPSA) is 51.2 Å². The zero-order valence-electron chi connectivity index (χ0n) is 11.5. The van der Waals surface area contributed by atoms with Crippen molar-refractivity contribution in [3.05, 3.63) is 51.6 Å². The quantitative estimate of drug-likeness (QED) is 0.751. The molecule has 0 atom stereocenters. The maximum absolute atomic E-state index is 11.8. The number of amides is 1. The summed E-state index contributed by atoms with van der Waals surface area (Å²) < 4.78 is 5.50. The molecule has 0 bridgehead atoms. The fourth-order valence-corrected chi connectivity index (χ4v) is 2.31. The first kappa shape index (κ1) is 16.9. The van der Waals surface area contributed by atoms with Crippen LogP contribution in [0.25, 0.3) is 0 Å². The Morgan fingerprint density at radius 3 is 2.64 bits per heavy atom. The Bertz CT molecular complexity index is 665. The van der Waals surface area contributed by atoms with E-state index in [1.807, 2.05) is 0 Å². The minimum Gasteiger partial charge on any atom is -0.492 e. The normalized spacial score (nSPS) is 10.3. The third-order valence-electron chi connectivity index (χ3n) is 2.69. The average molecular weight is 360 g/mol. The second-order valence-corrected chi connectivity index (χ2v) is 5.71. The molecule has 116 valence electrons. The number of ether oxygens (including phenoxy) is 1. The summed E-state index contributed by atoms with van der Waals surface area (Å²) in [6, 6.07) is 8.22. The molecule has 7 heteroatoms. The minimum atomic E-state index is -0.152. The van der Waals surface area contributed by atoms with Crippen LogP contribution in [0.1, 0.15) is 12.8 Å². The molecule has 1 amide bonds. The van der Waals surface area contributed by atoms with E-state index in [0.717, 1.165) is 0 Å². The molecule has 2 rings (SSSR count). The van der Waals surface area contributed by atoms with E-state index in [4.69, 9.17) is 39.5 Å². The zero-order chi connectivity index (χ0) is 15.9. The number of hydrogen-bond acceptors (Lipinski definition) is 3. The van der Waals surface area contributed by atoms with Crippen LogP contribution in [0.2, 0.25) is 15.1 Å². The van der Waals surface area contributed by atoms with E-state index in [9.17, 15) is 4.79 Å². The zero-order valence-corrected chi connectivity index (χ0v) is 13.8. The Morgan fingerprint density at radius 1 is 1.14 bits per heavy atom. The van der Waals surface area contributed by atoms with Crippen LogP contribution in [-0.2, 0) is 4.79 Å². The lowest BCUT2D eigenvalue weighted by molar-refractivity contribution is -0.116. The van der Waals surface area contributed by atoms with Gasteiger partial charge in [0, 0.05) is 22.7 Å². The predicted octanol–water partition coefficient (Wildman–Crippen LogP) is 4.84. The third-order valence-corrected chi connectivity index (χ3v) is 3.45. The molecule has 0 aliphatic carbocycles. The van der Waals surface area contributed by atoms with Crippen molar-refractivity contribution in [2.24, 2.45) is 0 Å². The Morgan fingerprint density at radius 2 is 1.91 bits per heavy atom. The van der Waals surface area contributed by atoms with E-state index >= 15 is 0 Å². The summed E-state index contributed by atoms with van der Waals surface area (Å²) in [7, 11) is 0. The Hall–Kier alpha value is -1.49. The van der Waals surface area contributed by atoms with Gasteiger partial charge in [-0.3, -0.25) is 4.79 Å². The lowest BCUT2D eigenvalue weighted by Crippen LogP contribution is -2.13. The first-order chi connectivity index (χ1) is 10.5. The van der Waals surface area contributed by atoms with Gasteiger partial charge < -0.3 is 10.1 Å². The standard InChI is InChI=1S/C15H13Cl3N2O2/c16-10-3-4-13(12(18)8-10)22-7-1-2-15(21)20-14-9-11(17)5-6-19-14/h3-6,8-9H,1-2,7H2,(H,19,20,21). The monoisotopic (exact) mass is 358 g/mol. The Balaban J connectivity index is 1.73. The van der Waals surface area contributed by atoms with Crippen LogP contribution < -0.4 is 10.1 Å². The summed E-state index contributed by atoms with van der Waals surface area (Å²) in [5.41, 5.74) is 0. The number of aromatic nitrogens is 1. The number of carbonyl (C=O) groups is 1. The van der Waals surface area contributed by atoms with Crippen LogP contribution in [-0.4, -0.2) is 17.5 Å². The van der Waals surface area contributed by atoms with Crippen LogP contribution >= 0.6 is 34.8 Å². The van der Waals surface area contributed by atoms with Gasteiger partial charge in [-0.25, -0.2) is 4.98 Å². The number of pyridine rings is 1. The van der Waals surface area contributed by atoms with Gasteiger partial charge in [-0.2, -0.15) is 0 Å². The molecule has 0 saturated heterocycles. The molecule has 0 unspecified atom stereocenters. The average Bonchev–Trinajstić information content (AvgIpc) is 2.45. The molecule has 0 saturated carbocycles.